The van der Waals surface area contributed by atoms with Crippen LogP contribution in [0.2, 0.25) is 0 Å². The fraction of sp³-hybridized carbons (Fsp3) is 0.500. The monoisotopic (exact) mass is 322 g/mol. The van der Waals surface area contributed by atoms with Crippen molar-refractivity contribution in [2.75, 3.05) is 0 Å². The lowest BCUT2D eigenvalue weighted by Crippen LogP contribution is -2.06. The van der Waals surface area contributed by atoms with Crippen molar-refractivity contribution in [3.8, 4) is 11.1 Å². The molecule has 24 heavy (non-hydrogen) atoms. The maximum atomic E-state index is 2.42. The molecule has 2 aromatic rings. The summed E-state index contributed by atoms with van der Waals surface area (Å²) in [5.41, 5.74) is 11.7. The van der Waals surface area contributed by atoms with Gasteiger partial charge in [-0.2, -0.15) is 0 Å². The molecule has 0 amide bonds. The van der Waals surface area contributed by atoms with Crippen molar-refractivity contribution in [2.24, 2.45) is 0 Å². The van der Waals surface area contributed by atoms with E-state index < -0.39 is 0 Å². The van der Waals surface area contributed by atoms with Gasteiger partial charge in [-0.15, -0.1) is 0 Å². The highest BCUT2D eigenvalue weighted by molar-refractivity contribution is 5.75. The fourth-order valence-corrected chi connectivity index (χ4v) is 3.98. The van der Waals surface area contributed by atoms with E-state index in [1.807, 2.05) is 0 Å². The lowest BCUT2D eigenvalue weighted by atomic mass is 9.80. The first-order valence-electron chi connectivity index (χ1n) is 9.53. The molecule has 0 heteroatoms. The third-order valence-electron chi connectivity index (χ3n) is 6.14. The minimum absolute atomic E-state index is 0.612. The van der Waals surface area contributed by atoms with Crippen molar-refractivity contribution >= 4 is 0 Å². The van der Waals surface area contributed by atoms with E-state index in [4.69, 9.17) is 0 Å². The van der Waals surface area contributed by atoms with Crippen molar-refractivity contribution in [3.05, 3.63) is 57.6 Å². The summed E-state index contributed by atoms with van der Waals surface area (Å²) in [4.78, 5) is 0. The molecule has 0 saturated carbocycles. The van der Waals surface area contributed by atoms with E-state index in [1.165, 1.54) is 51.8 Å². The molecule has 0 aliphatic carbocycles. The Labute approximate surface area is 149 Å². The molecular weight excluding hydrogens is 288 g/mol. The fourth-order valence-electron chi connectivity index (χ4n) is 3.98. The zero-order valence-electron chi connectivity index (χ0n) is 16.9. The van der Waals surface area contributed by atoms with Crippen LogP contribution in [0.5, 0.6) is 0 Å². The molecule has 2 rings (SSSR count). The highest BCUT2D eigenvalue weighted by atomic mass is 14.2. The zero-order valence-corrected chi connectivity index (χ0v) is 16.9. The molecular formula is C24H34. The van der Waals surface area contributed by atoms with Crippen molar-refractivity contribution in [1.82, 2.24) is 0 Å². The van der Waals surface area contributed by atoms with Gasteiger partial charge in [0.25, 0.3) is 0 Å². The Kier molecular flexibility index (Phi) is 5.91. The Balaban J connectivity index is 2.73. The molecule has 0 aromatic heterocycles. The highest BCUT2D eigenvalue weighted by Gasteiger charge is 2.19. The van der Waals surface area contributed by atoms with E-state index in [2.05, 4.69) is 79.7 Å². The third-order valence-corrected chi connectivity index (χ3v) is 6.14. The average molecular weight is 323 g/mol. The van der Waals surface area contributed by atoms with Crippen molar-refractivity contribution in [3.63, 3.8) is 0 Å². The maximum Gasteiger partial charge on any atom is -0.0120 e. The van der Waals surface area contributed by atoms with Gasteiger partial charge in [-0.3, -0.25) is 0 Å². The van der Waals surface area contributed by atoms with Crippen molar-refractivity contribution in [1.29, 1.82) is 0 Å². The largest absolute Gasteiger partial charge is 0.0648 e. The molecule has 0 bridgehead atoms. The Morgan fingerprint density at radius 2 is 1.38 bits per heavy atom. The number of hydrogen-bond donors (Lipinski definition) is 0. The minimum Gasteiger partial charge on any atom is -0.0648 e. The number of rotatable bonds is 5. The number of benzene rings is 2. The topological polar surface area (TPSA) is 0 Å². The summed E-state index contributed by atoms with van der Waals surface area (Å²) in [5, 5.41) is 0. The van der Waals surface area contributed by atoms with Crippen LogP contribution < -0.4 is 0 Å². The molecule has 0 radical (unpaired) electrons. The smallest absolute Gasteiger partial charge is 0.0120 e. The normalized spacial score (nSPS) is 13.8. The summed E-state index contributed by atoms with van der Waals surface area (Å²) in [5.74, 6) is 1.23. The SMILES string of the molecule is CCC(C)c1cccc(-c2c(C)c(C)c(C)c(C(C)CC)c2C)c1. The van der Waals surface area contributed by atoms with Crippen LogP contribution in [0.4, 0.5) is 0 Å². The second kappa shape index (κ2) is 7.55. The Hall–Kier alpha value is -1.56. The van der Waals surface area contributed by atoms with Gasteiger partial charge in [0.05, 0.1) is 0 Å². The van der Waals surface area contributed by atoms with E-state index in [0.29, 0.717) is 11.8 Å². The lowest BCUT2D eigenvalue weighted by Gasteiger charge is -2.24. The average Bonchev–Trinajstić information content (AvgIpc) is 2.59. The summed E-state index contributed by atoms with van der Waals surface area (Å²) in [7, 11) is 0. The molecule has 0 fully saturated rings. The van der Waals surface area contributed by atoms with Gasteiger partial charge in [-0.05, 0) is 96.9 Å². The van der Waals surface area contributed by atoms with Crippen LogP contribution in [0, 0.1) is 27.7 Å². The first kappa shape index (κ1) is 18.8. The first-order chi connectivity index (χ1) is 11.3. The molecule has 2 aromatic carbocycles. The summed E-state index contributed by atoms with van der Waals surface area (Å²) in [6.45, 7) is 18.5. The van der Waals surface area contributed by atoms with E-state index in [0.717, 1.165) is 0 Å². The molecule has 0 spiro atoms. The van der Waals surface area contributed by atoms with E-state index in [9.17, 15) is 0 Å². The third kappa shape index (κ3) is 3.29. The molecule has 0 aliphatic rings. The predicted octanol–water partition coefficient (Wildman–Crippen LogP) is 7.61. The minimum atomic E-state index is 0.612. The molecule has 2 unspecified atom stereocenters. The van der Waals surface area contributed by atoms with Crippen molar-refractivity contribution < 1.29 is 0 Å². The summed E-state index contributed by atoms with van der Waals surface area (Å²) >= 11 is 0. The van der Waals surface area contributed by atoms with Crippen LogP contribution in [0.15, 0.2) is 24.3 Å². The van der Waals surface area contributed by atoms with Gasteiger partial charge in [0.1, 0.15) is 0 Å². The van der Waals surface area contributed by atoms with Crippen LogP contribution in [0.3, 0.4) is 0 Å². The quantitative estimate of drug-likeness (QED) is 0.531. The van der Waals surface area contributed by atoms with Gasteiger partial charge in [-0.1, -0.05) is 52.0 Å². The number of hydrogen-bond acceptors (Lipinski definition) is 0. The van der Waals surface area contributed by atoms with Crippen LogP contribution in [-0.2, 0) is 0 Å². The summed E-state index contributed by atoms with van der Waals surface area (Å²) in [6, 6.07) is 9.21. The molecule has 0 nitrogen and oxygen atoms in total. The van der Waals surface area contributed by atoms with Gasteiger partial charge in [0, 0.05) is 0 Å². The van der Waals surface area contributed by atoms with Gasteiger partial charge >= 0.3 is 0 Å². The second-order valence-corrected chi connectivity index (χ2v) is 7.53. The molecule has 0 N–H and O–H groups in total. The predicted molar refractivity (Wildman–Crippen MR) is 108 cm³/mol. The van der Waals surface area contributed by atoms with Gasteiger partial charge in [0.2, 0.25) is 0 Å². The highest BCUT2D eigenvalue weighted by Crippen LogP contribution is 2.39. The lowest BCUT2D eigenvalue weighted by molar-refractivity contribution is 0.721. The first-order valence-corrected chi connectivity index (χ1v) is 9.53. The van der Waals surface area contributed by atoms with Gasteiger partial charge in [-0.25, -0.2) is 0 Å². The van der Waals surface area contributed by atoms with Crippen molar-refractivity contribution in [2.45, 2.75) is 80.1 Å². The molecule has 2 atom stereocenters. The van der Waals surface area contributed by atoms with E-state index >= 15 is 0 Å². The van der Waals surface area contributed by atoms with Crippen LogP contribution in [-0.4, -0.2) is 0 Å². The summed E-state index contributed by atoms with van der Waals surface area (Å²) < 4.78 is 0. The molecule has 0 aliphatic heterocycles. The van der Waals surface area contributed by atoms with Gasteiger partial charge in [0.15, 0.2) is 0 Å². The maximum absolute atomic E-state index is 2.42. The van der Waals surface area contributed by atoms with Crippen LogP contribution >= 0.6 is 0 Å². The van der Waals surface area contributed by atoms with E-state index in [1.54, 1.807) is 5.56 Å². The Bertz CT molecular complexity index is 721. The molecule has 0 heterocycles. The Morgan fingerprint density at radius 3 is 1.96 bits per heavy atom. The van der Waals surface area contributed by atoms with Crippen LogP contribution in [0.1, 0.15) is 85.8 Å². The zero-order chi connectivity index (χ0) is 18.0. The molecule has 130 valence electrons. The van der Waals surface area contributed by atoms with Crippen LogP contribution in [0.25, 0.3) is 11.1 Å². The molecule has 0 saturated heterocycles. The van der Waals surface area contributed by atoms with Gasteiger partial charge < -0.3 is 0 Å². The van der Waals surface area contributed by atoms with E-state index in [-0.39, 0.29) is 0 Å². The summed E-state index contributed by atoms with van der Waals surface area (Å²) in [6.07, 6.45) is 2.38. The standard InChI is InChI=1S/C24H34/c1-9-15(3)21-12-11-13-22(14-21)24-19(7)17(5)18(6)23(20(24)8)16(4)10-2/h11-16H,9-10H2,1-8H3. The Morgan fingerprint density at radius 1 is 0.750 bits per heavy atom. The second-order valence-electron chi connectivity index (χ2n) is 7.53.